The first-order valence-corrected chi connectivity index (χ1v) is 7.38. The highest BCUT2D eigenvalue weighted by Gasteiger charge is 2.34. The highest BCUT2D eigenvalue weighted by molar-refractivity contribution is 7.89. The van der Waals surface area contributed by atoms with Gasteiger partial charge in [0.05, 0.1) is 17.1 Å². The van der Waals surface area contributed by atoms with Crippen molar-refractivity contribution in [2.24, 2.45) is 0 Å². The minimum atomic E-state index is -4.12. The van der Waals surface area contributed by atoms with E-state index < -0.39 is 37.5 Å². The van der Waals surface area contributed by atoms with E-state index in [2.05, 4.69) is 0 Å². The largest absolute Gasteiger partial charge is 0.392 e. The van der Waals surface area contributed by atoms with Crippen LogP contribution in [0.15, 0.2) is 23.1 Å². The first kappa shape index (κ1) is 14.8. The van der Waals surface area contributed by atoms with Gasteiger partial charge < -0.3 is 5.11 Å². The summed E-state index contributed by atoms with van der Waals surface area (Å²) in [6, 6.07) is 2.32. The topological polar surface area (TPSA) is 101 Å². The number of aliphatic hydroxyl groups excluding tert-OH is 1. The second kappa shape index (κ2) is 5.43. The number of nitro benzene ring substituents is 1. The van der Waals surface area contributed by atoms with Gasteiger partial charge in [0, 0.05) is 13.1 Å². The molecule has 9 heteroatoms. The quantitative estimate of drug-likeness (QED) is 0.660. The molecule has 1 aliphatic rings. The molecule has 0 radical (unpaired) electrons. The van der Waals surface area contributed by atoms with Crippen LogP contribution in [0.1, 0.15) is 12.8 Å². The lowest BCUT2D eigenvalue weighted by atomic mass is 10.1. The lowest BCUT2D eigenvalue weighted by Gasteiger charge is -2.29. The molecular weight excluding hydrogens is 291 g/mol. The van der Waals surface area contributed by atoms with Crippen molar-refractivity contribution in [3.05, 3.63) is 34.1 Å². The summed E-state index contributed by atoms with van der Waals surface area (Å²) in [6.07, 6.45) is 0.158. The number of hydrogen-bond acceptors (Lipinski definition) is 5. The lowest BCUT2D eigenvalue weighted by Crippen LogP contribution is -2.42. The molecule has 1 fully saturated rings. The number of aliphatic hydroxyl groups is 1. The van der Waals surface area contributed by atoms with E-state index in [0.29, 0.717) is 18.9 Å². The van der Waals surface area contributed by atoms with Crippen molar-refractivity contribution < 1.29 is 22.8 Å². The van der Waals surface area contributed by atoms with Crippen LogP contribution in [0, 0.1) is 15.9 Å². The monoisotopic (exact) mass is 304 g/mol. The SMILES string of the molecule is O=[N+]([O-])c1cc(F)ccc1S(=O)(=O)N1CCC[C@H](O)C1. The van der Waals surface area contributed by atoms with E-state index in [1.54, 1.807) is 0 Å². The molecule has 0 bridgehead atoms. The van der Waals surface area contributed by atoms with E-state index in [4.69, 9.17) is 0 Å². The maximum Gasteiger partial charge on any atom is 0.292 e. The zero-order valence-corrected chi connectivity index (χ0v) is 11.2. The van der Waals surface area contributed by atoms with Crippen LogP contribution >= 0.6 is 0 Å². The summed E-state index contributed by atoms with van der Waals surface area (Å²) in [5, 5.41) is 20.4. The molecule has 0 aromatic heterocycles. The zero-order chi connectivity index (χ0) is 14.9. The van der Waals surface area contributed by atoms with E-state index in [9.17, 15) is 28.0 Å². The standard InChI is InChI=1S/C11H13FN2O5S/c12-8-3-4-11(10(6-8)14(16)17)20(18,19)13-5-1-2-9(15)7-13/h3-4,6,9,15H,1-2,5,7H2/t9-/m0/s1. The predicted octanol–water partition coefficient (Wildman–Crippen LogP) is 0.879. The molecule has 1 aromatic carbocycles. The summed E-state index contributed by atoms with van der Waals surface area (Å²) in [4.78, 5) is 9.38. The minimum absolute atomic E-state index is 0.114. The molecule has 0 amide bonds. The number of sulfonamides is 1. The molecule has 1 atom stereocenters. The summed E-state index contributed by atoms with van der Waals surface area (Å²) in [5.41, 5.74) is -0.801. The fraction of sp³-hybridized carbons (Fsp3) is 0.455. The van der Waals surface area contributed by atoms with Crippen molar-refractivity contribution in [2.45, 2.75) is 23.8 Å². The van der Waals surface area contributed by atoms with Crippen LogP contribution < -0.4 is 0 Å². The predicted molar refractivity (Wildman–Crippen MR) is 67.1 cm³/mol. The number of benzene rings is 1. The number of nitrogens with zero attached hydrogens (tertiary/aromatic N) is 2. The van der Waals surface area contributed by atoms with Crippen LogP contribution in [0.3, 0.4) is 0 Å². The number of rotatable bonds is 3. The van der Waals surface area contributed by atoms with Gasteiger partial charge in [-0.25, -0.2) is 12.8 Å². The Kier molecular flexibility index (Phi) is 4.02. The molecule has 1 saturated heterocycles. The van der Waals surface area contributed by atoms with Gasteiger partial charge in [0.1, 0.15) is 5.82 Å². The van der Waals surface area contributed by atoms with Gasteiger partial charge in [-0.1, -0.05) is 0 Å². The lowest BCUT2D eigenvalue weighted by molar-refractivity contribution is -0.388. The molecule has 1 aromatic rings. The Morgan fingerprint density at radius 2 is 2.15 bits per heavy atom. The highest BCUT2D eigenvalue weighted by atomic mass is 32.2. The van der Waals surface area contributed by atoms with Crippen molar-refractivity contribution >= 4 is 15.7 Å². The fourth-order valence-corrected chi connectivity index (χ4v) is 3.78. The molecule has 1 aliphatic heterocycles. The fourth-order valence-electron chi connectivity index (χ4n) is 2.13. The molecular formula is C11H13FN2O5S. The number of nitro groups is 1. The van der Waals surface area contributed by atoms with E-state index in [1.807, 2.05) is 0 Å². The van der Waals surface area contributed by atoms with Gasteiger partial charge in [0.15, 0.2) is 4.90 Å². The molecule has 0 spiro atoms. The van der Waals surface area contributed by atoms with Crippen molar-refractivity contribution in [2.75, 3.05) is 13.1 Å². The Balaban J connectivity index is 2.46. The molecule has 20 heavy (non-hydrogen) atoms. The summed E-state index contributed by atoms with van der Waals surface area (Å²) in [7, 11) is -4.12. The molecule has 1 N–H and O–H groups in total. The Morgan fingerprint density at radius 3 is 2.75 bits per heavy atom. The molecule has 0 aliphatic carbocycles. The third-order valence-corrected chi connectivity index (χ3v) is 5.01. The van der Waals surface area contributed by atoms with Crippen molar-refractivity contribution in [3.63, 3.8) is 0 Å². The summed E-state index contributed by atoms with van der Waals surface area (Å²) >= 11 is 0. The molecule has 7 nitrogen and oxygen atoms in total. The second-order valence-corrected chi connectivity index (χ2v) is 6.43. The summed E-state index contributed by atoms with van der Waals surface area (Å²) < 4.78 is 38.7. The van der Waals surface area contributed by atoms with Crippen LogP contribution in [-0.2, 0) is 10.0 Å². The number of β-amino-alcohol motifs (C(OH)–C–C–N with tert-alkyl or cyclic N) is 1. The smallest absolute Gasteiger partial charge is 0.292 e. The van der Waals surface area contributed by atoms with Crippen molar-refractivity contribution in [3.8, 4) is 0 Å². The van der Waals surface area contributed by atoms with Crippen molar-refractivity contribution in [1.29, 1.82) is 0 Å². The van der Waals surface area contributed by atoms with Crippen LogP contribution in [-0.4, -0.2) is 41.9 Å². The van der Waals surface area contributed by atoms with Crippen LogP contribution in [0.4, 0.5) is 10.1 Å². The second-order valence-electron chi connectivity index (χ2n) is 4.53. The van der Waals surface area contributed by atoms with Gasteiger partial charge in [-0.15, -0.1) is 0 Å². The number of halogens is 1. The van der Waals surface area contributed by atoms with Gasteiger partial charge in [-0.2, -0.15) is 4.31 Å². The van der Waals surface area contributed by atoms with Gasteiger partial charge in [-0.3, -0.25) is 10.1 Å². The Hall–Kier alpha value is -1.58. The molecule has 0 unspecified atom stereocenters. The maximum absolute atomic E-state index is 13.0. The first-order valence-electron chi connectivity index (χ1n) is 5.94. The maximum atomic E-state index is 13.0. The van der Waals surface area contributed by atoms with Gasteiger partial charge in [0.25, 0.3) is 5.69 Å². The van der Waals surface area contributed by atoms with Gasteiger partial charge >= 0.3 is 0 Å². The van der Waals surface area contributed by atoms with Gasteiger partial charge in [0.2, 0.25) is 10.0 Å². The van der Waals surface area contributed by atoms with E-state index in [-0.39, 0.29) is 13.1 Å². The Labute approximate surface area is 114 Å². The number of piperidine rings is 1. The molecule has 1 heterocycles. The molecule has 110 valence electrons. The summed E-state index contributed by atoms with van der Waals surface area (Å²) in [5.74, 6) is -0.880. The first-order chi connectivity index (χ1) is 9.32. The molecule has 0 saturated carbocycles. The van der Waals surface area contributed by atoms with Gasteiger partial charge in [-0.05, 0) is 25.0 Å². The Bertz CT molecular complexity index is 634. The third kappa shape index (κ3) is 2.79. The average Bonchev–Trinajstić information content (AvgIpc) is 2.38. The Morgan fingerprint density at radius 1 is 1.45 bits per heavy atom. The molecule has 2 rings (SSSR count). The normalized spacial score (nSPS) is 20.8. The highest BCUT2D eigenvalue weighted by Crippen LogP contribution is 2.29. The minimum Gasteiger partial charge on any atom is -0.392 e. The zero-order valence-electron chi connectivity index (χ0n) is 10.4. The summed E-state index contributed by atoms with van der Waals surface area (Å²) in [6.45, 7) is 0.0603. The van der Waals surface area contributed by atoms with Crippen LogP contribution in [0.5, 0.6) is 0 Å². The van der Waals surface area contributed by atoms with Crippen LogP contribution in [0.25, 0.3) is 0 Å². The van der Waals surface area contributed by atoms with Crippen molar-refractivity contribution in [1.82, 2.24) is 4.31 Å². The third-order valence-electron chi connectivity index (χ3n) is 3.09. The number of hydrogen-bond donors (Lipinski definition) is 1. The average molecular weight is 304 g/mol. The van der Waals surface area contributed by atoms with E-state index in [0.717, 1.165) is 16.4 Å². The van der Waals surface area contributed by atoms with Crippen LogP contribution in [0.2, 0.25) is 0 Å². The van der Waals surface area contributed by atoms with E-state index >= 15 is 0 Å². The van der Waals surface area contributed by atoms with E-state index in [1.165, 1.54) is 0 Å².